The van der Waals surface area contributed by atoms with Crippen molar-refractivity contribution in [3.8, 4) is 0 Å². The lowest BCUT2D eigenvalue weighted by Gasteiger charge is -2.26. The minimum absolute atomic E-state index is 0.178. The quantitative estimate of drug-likeness (QED) is 0.365. The molecule has 10 nitrogen and oxygen atoms in total. The maximum absolute atomic E-state index is 13.8. The van der Waals surface area contributed by atoms with Gasteiger partial charge in [0.05, 0.1) is 18.4 Å². The van der Waals surface area contributed by atoms with Gasteiger partial charge in [-0.3, -0.25) is 4.79 Å². The second kappa shape index (κ2) is 9.35. The average Bonchev–Trinajstić information content (AvgIpc) is 3.41. The van der Waals surface area contributed by atoms with Gasteiger partial charge in [-0.05, 0) is 31.4 Å². The molecule has 2 amide bonds. The summed E-state index contributed by atoms with van der Waals surface area (Å²) in [6.07, 6.45) is 5.23. The van der Waals surface area contributed by atoms with Crippen LogP contribution in [0.2, 0.25) is 5.15 Å². The summed E-state index contributed by atoms with van der Waals surface area (Å²) in [5, 5.41) is 18.0. The van der Waals surface area contributed by atoms with Crippen LogP contribution in [0.25, 0.3) is 5.65 Å². The number of carbonyl (C=O) groups excluding carboxylic acids is 1. The van der Waals surface area contributed by atoms with Crippen LogP contribution in [0.1, 0.15) is 41.2 Å². The molecule has 1 aliphatic rings. The molecule has 168 valence electrons. The molecule has 3 aromatic heterocycles. The number of pyridine rings is 1. The first-order chi connectivity index (χ1) is 15.4. The van der Waals surface area contributed by atoms with Crippen LogP contribution in [0.5, 0.6) is 0 Å². The molecule has 4 rings (SSSR count). The first kappa shape index (κ1) is 21.8. The molecule has 32 heavy (non-hydrogen) atoms. The van der Waals surface area contributed by atoms with Gasteiger partial charge in [0.25, 0.3) is 5.91 Å². The fourth-order valence-corrected chi connectivity index (χ4v) is 4.03. The summed E-state index contributed by atoms with van der Waals surface area (Å²) in [5.74, 6) is -0.177. The van der Waals surface area contributed by atoms with E-state index in [0.717, 1.165) is 19.0 Å². The average molecular weight is 462 g/mol. The molecule has 4 heterocycles. The lowest BCUT2D eigenvalue weighted by Crippen LogP contribution is -2.29. The number of carboxylic acid groups (broad SMARTS) is 1. The van der Waals surface area contributed by atoms with Crippen molar-refractivity contribution in [1.29, 1.82) is 0 Å². The molecule has 1 aliphatic heterocycles. The normalized spacial score (nSPS) is 15.8. The predicted octanol–water partition coefficient (Wildman–Crippen LogP) is 2.65. The van der Waals surface area contributed by atoms with Crippen molar-refractivity contribution >= 4 is 35.1 Å². The number of aromatic nitrogens is 4. The number of hydrogen-bond donors (Lipinski definition) is 3. The van der Waals surface area contributed by atoms with E-state index in [-0.39, 0.29) is 23.6 Å². The second-order valence-corrected chi connectivity index (χ2v) is 7.70. The van der Waals surface area contributed by atoms with Crippen molar-refractivity contribution in [3.05, 3.63) is 52.8 Å². The number of nitrogens with one attached hydrogen (secondary N) is 2. The lowest BCUT2D eigenvalue weighted by atomic mass is 10.1. The van der Waals surface area contributed by atoms with Crippen molar-refractivity contribution in [1.82, 2.24) is 30.2 Å². The van der Waals surface area contributed by atoms with Gasteiger partial charge in [-0.25, -0.2) is 23.7 Å². The Hall–Kier alpha value is -3.47. The molecular formula is C20H21ClFN7O3. The fraction of sp³-hybridized carbons (Fsp3) is 0.350. The molecule has 12 heteroatoms. The molecule has 0 unspecified atom stereocenters. The van der Waals surface area contributed by atoms with E-state index >= 15 is 0 Å². The van der Waals surface area contributed by atoms with Crippen LogP contribution in [0.4, 0.5) is 15.0 Å². The summed E-state index contributed by atoms with van der Waals surface area (Å²) in [7, 11) is 0. The van der Waals surface area contributed by atoms with Crippen LogP contribution in [0.3, 0.4) is 0 Å². The zero-order chi connectivity index (χ0) is 22.7. The standard InChI is InChI=1S/C20H21ClFN7O3/c21-17-13(9-12(22)10-25-17)15-3-1-7-28(15)16-4-8-29-18(27-16)14(11-26-29)19(30)23-5-2-6-24-20(31)32/h4,8-11,15,24H,1-3,5-7H2,(H,23,30)(H,31,32)/t15-/m1/s1. The Labute approximate surface area is 187 Å². The summed E-state index contributed by atoms with van der Waals surface area (Å²) in [4.78, 5) is 33.7. The minimum Gasteiger partial charge on any atom is -0.465 e. The third-order valence-electron chi connectivity index (χ3n) is 5.25. The number of hydrogen-bond acceptors (Lipinski definition) is 6. The SMILES string of the molecule is O=C(O)NCCCNC(=O)c1cnn2ccc(N3CCC[C@@H]3c3cc(F)cnc3Cl)nc12. The summed E-state index contributed by atoms with van der Waals surface area (Å²) < 4.78 is 15.3. The molecule has 0 aromatic carbocycles. The minimum atomic E-state index is -1.11. The van der Waals surface area contributed by atoms with Gasteiger partial charge in [-0.2, -0.15) is 5.10 Å². The zero-order valence-corrected chi connectivity index (χ0v) is 17.7. The molecule has 3 aromatic rings. The number of carbonyl (C=O) groups is 2. The molecule has 1 fully saturated rings. The van der Waals surface area contributed by atoms with Crippen LogP contribution in [0.15, 0.2) is 30.7 Å². The van der Waals surface area contributed by atoms with Crippen molar-refractivity contribution in [2.24, 2.45) is 0 Å². The van der Waals surface area contributed by atoms with E-state index in [0.29, 0.717) is 42.1 Å². The van der Waals surface area contributed by atoms with E-state index in [1.807, 2.05) is 4.90 Å². The van der Waals surface area contributed by atoms with Crippen molar-refractivity contribution in [2.45, 2.75) is 25.3 Å². The monoisotopic (exact) mass is 461 g/mol. The Morgan fingerprint density at radius 2 is 2.09 bits per heavy atom. The van der Waals surface area contributed by atoms with Crippen molar-refractivity contribution in [3.63, 3.8) is 0 Å². The summed E-state index contributed by atoms with van der Waals surface area (Å²) >= 11 is 6.23. The van der Waals surface area contributed by atoms with Gasteiger partial charge in [-0.15, -0.1) is 0 Å². The Bertz CT molecular complexity index is 1160. The number of anilines is 1. The van der Waals surface area contributed by atoms with Crippen molar-refractivity contribution < 1.29 is 19.1 Å². The van der Waals surface area contributed by atoms with Gasteiger partial charge in [0.2, 0.25) is 0 Å². The fourth-order valence-electron chi connectivity index (χ4n) is 3.80. The number of rotatable bonds is 7. The van der Waals surface area contributed by atoms with Gasteiger partial charge in [-0.1, -0.05) is 11.6 Å². The molecule has 0 radical (unpaired) electrons. The number of halogens is 2. The van der Waals surface area contributed by atoms with Crippen LogP contribution in [-0.2, 0) is 0 Å². The molecule has 0 bridgehead atoms. The van der Waals surface area contributed by atoms with E-state index < -0.39 is 11.9 Å². The number of nitrogens with zero attached hydrogens (tertiary/aromatic N) is 5. The Balaban J connectivity index is 1.53. The maximum Gasteiger partial charge on any atom is 0.404 e. The van der Waals surface area contributed by atoms with Gasteiger partial charge < -0.3 is 20.6 Å². The maximum atomic E-state index is 13.8. The second-order valence-electron chi connectivity index (χ2n) is 7.34. The molecule has 0 aliphatic carbocycles. The highest BCUT2D eigenvalue weighted by Crippen LogP contribution is 2.38. The summed E-state index contributed by atoms with van der Waals surface area (Å²) in [6.45, 7) is 1.24. The first-order valence-electron chi connectivity index (χ1n) is 10.1. The van der Waals surface area contributed by atoms with Gasteiger partial charge in [0.15, 0.2) is 5.65 Å². The largest absolute Gasteiger partial charge is 0.465 e. The van der Waals surface area contributed by atoms with Gasteiger partial charge in [0, 0.05) is 31.4 Å². The summed E-state index contributed by atoms with van der Waals surface area (Å²) in [6, 6.07) is 3.01. The van der Waals surface area contributed by atoms with Gasteiger partial charge in [0.1, 0.15) is 22.4 Å². The highest BCUT2D eigenvalue weighted by Gasteiger charge is 2.30. The molecule has 0 saturated carbocycles. The molecule has 3 N–H and O–H groups in total. The summed E-state index contributed by atoms with van der Waals surface area (Å²) in [5.41, 5.74) is 1.30. The van der Waals surface area contributed by atoms with Crippen LogP contribution < -0.4 is 15.5 Å². The smallest absolute Gasteiger partial charge is 0.404 e. The zero-order valence-electron chi connectivity index (χ0n) is 17.0. The predicted molar refractivity (Wildman–Crippen MR) is 114 cm³/mol. The van der Waals surface area contributed by atoms with E-state index in [1.54, 1.807) is 12.3 Å². The first-order valence-corrected chi connectivity index (χ1v) is 10.5. The van der Waals surface area contributed by atoms with Crippen molar-refractivity contribution in [2.75, 3.05) is 24.5 Å². The molecule has 1 saturated heterocycles. The molecule has 0 spiro atoms. The molecule has 1 atom stereocenters. The topological polar surface area (TPSA) is 125 Å². The van der Waals surface area contributed by atoms with E-state index in [1.165, 1.54) is 16.8 Å². The highest BCUT2D eigenvalue weighted by molar-refractivity contribution is 6.30. The number of amides is 2. The Morgan fingerprint density at radius 1 is 1.28 bits per heavy atom. The van der Waals surface area contributed by atoms with Crippen LogP contribution >= 0.6 is 11.6 Å². The van der Waals surface area contributed by atoms with E-state index in [4.69, 9.17) is 16.7 Å². The Kier molecular flexibility index (Phi) is 6.35. The van der Waals surface area contributed by atoms with Crippen LogP contribution in [0, 0.1) is 5.82 Å². The molecular weight excluding hydrogens is 441 g/mol. The van der Waals surface area contributed by atoms with E-state index in [2.05, 4.69) is 25.7 Å². The Morgan fingerprint density at radius 3 is 2.91 bits per heavy atom. The van der Waals surface area contributed by atoms with Crippen LogP contribution in [-0.4, -0.2) is 56.3 Å². The van der Waals surface area contributed by atoms with E-state index in [9.17, 15) is 14.0 Å². The number of fused-ring (bicyclic) bond motifs is 1. The highest BCUT2D eigenvalue weighted by atomic mass is 35.5. The van der Waals surface area contributed by atoms with Gasteiger partial charge >= 0.3 is 6.09 Å². The third kappa shape index (κ3) is 4.57. The lowest BCUT2D eigenvalue weighted by molar-refractivity contribution is 0.0955. The third-order valence-corrected chi connectivity index (χ3v) is 5.57.